The van der Waals surface area contributed by atoms with Gasteiger partial charge in [0.15, 0.2) is 0 Å². The van der Waals surface area contributed by atoms with Crippen LogP contribution in [0.4, 0.5) is 6.01 Å². The number of anilines is 1. The Bertz CT molecular complexity index is 345. The first-order chi connectivity index (χ1) is 8.78. The van der Waals surface area contributed by atoms with Crippen LogP contribution in [-0.2, 0) is 6.54 Å². The van der Waals surface area contributed by atoms with Gasteiger partial charge in [-0.05, 0) is 25.3 Å². The average Bonchev–Trinajstić information content (AvgIpc) is 2.80. The van der Waals surface area contributed by atoms with Crippen LogP contribution in [0, 0.1) is 11.8 Å². The van der Waals surface area contributed by atoms with Crippen molar-refractivity contribution in [1.29, 1.82) is 0 Å². The second-order valence-electron chi connectivity index (χ2n) is 5.37. The van der Waals surface area contributed by atoms with E-state index in [1.54, 1.807) is 0 Å². The fourth-order valence-corrected chi connectivity index (χ4v) is 2.55. The first-order valence-electron chi connectivity index (χ1n) is 6.98. The molecule has 1 aliphatic carbocycles. The van der Waals surface area contributed by atoms with Crippen molar-refractivity contribution in [2.24, 2.45) is 11.8 Å². The van der Waals surface area contributed by atoms with Gasteiger partial charge in [0, 0.05) is 6.54 Å². The smallest absolute Gasteiger partial charge is 0.315 e. The topological polar surface area (TPSA) is 63.0 Å². The molecule has 0 radical (unpaired) electrons. The van der Waals surface area contributed by atoms with Gasteiger partial charge in [0.05, 0.1) is 6.54 Å². The Morgan fingerprint density at radius 1 is 1.22 bits per heavy atom. The van der Waals surface area contributed by atoms with Gasteiger partial charge in [0.2, 0.25) is 5.89 Å². The molecule has 0 spiro atoms. The first-order valence-corrected chi connectivity index (χ1v) is 6.98. The van der Waals surface area contributed by atoms with Crippen molar-refractivity contribution in [2.75, 3.05) is 18.9 Å². The second kappa shape index (κ2) is 6.73. The first kappa shape index (κ1) is 13.3. The van der Waals surface area contributed by atoms with Crippen molar-refractivity contribution in [3.05, 3.63) is 5.89 Å². The monoisotopic (exact) mass is 252 g/mol. The Kier molecular flexibility index (Phi) is 4.99. The van der Waals surface area contributed by atoms with Crippen LogP contribution in [0.5, 0.6) is 0 Å². The fourth-order valence-electron chi connectivity index (χ4n) is 2.55. The summed E-state index contributed by atoms with van der Waals surface area (Å²) in [5.74, 6) is 2.43. The molecule has 2 N–H and O–H groups in total. The van der Waals surface area contributed by atoms with Crippen molar-refractivity contribution in [3.63, 3.8) is 0 Å². The Morgan fingerprint density at radius 2 is 2.00 bits per heavy atom. The summed E-state index contributed by atoms with van der Waals surface area (Å²) in [5, 5.41) is 14.1. The van der Waals surface area contributed by atoms with E-state index in [-0.39, 0.29) is 0 Å². The highest BCUT2D eigenvalue weighted by atomic mass is 16.4. The summed E-state index contributed by atoms with van der Waals surface area (Å²) < 4.78 is 5.43. The third kappa shape index (κ3) is 3.98. The molecule has 0 amide bonds. The summed E-state index contributed by atoms with van der Waals surface area (Å²) in [6.07, 6.45) is 6.72. The van der Waals surface area contributed by atoms with Crippen LogP contribution in [0.3, 0.4) is 0 Å². The third-order valence-electron chi connectivity index (χ3n) is 3.76. The normalized spacial score (nSPS) is 24.1. The molecule has 0 aliphatic heterocycles. The van der Waals surface area contributed by atoms with Crippen LogP contribution >= 0.6 is 0 Å². The van der Waals surface area contributed by atoms with Gasteiger partial charge in [-0.1, -0.05) is 37.7 Å². The van der Waals surface area contributed by atoms with Gasteiger partial charge >= 0.3 is 6.01 Å². The number of rotatable bonds is 6. The summed E-state index contributed by atoms with van der Waals surface area (Å²) >= 11 is 0. The zero-order valence-corrected chi connectivity index (χ0v) is 11.4. The lowest BCUT2D eigenvalue weighted by molar-refractivity contribution is 0.281. The molecule has 1 aromatic rings. The summed E-state index contributed by atoms with van der Waals surface area (Å²) in [6.45, 7) is 3.91. The van der Waals surface area contributed by atoms with E-state index in [1.807, 2.05) is 7.05 Å². The average molecular weight is 252 g/mol. The zero-order chi connectivity index (χ0) is 12.8. The van der Waals surface area contributed by atoms with Crippen LogP contribution in [0.25, 0.3) is 0 Å². The van der Waals surface area contributed by atoms with Gasteiger partial charge < -0.3 is 15.1 Å². The number of aromatic nitrogens is 2. The molecule has 1 heterocycles. The van der Waals surface area contributed by atoms with Crippen molar-refractivity contribution < 1.29 is 4.42 Å². The molecule has 1 aliphatic rings. The van der Waals surface area contributed by atoms with Crippen LogP contribution in [0.1, 0.15) is 44.9 Å². The largest absolute Gasteiger partial charge is 0.407 e. The maximum absolute atomic E-state index is 5.43. The Morgan fingerprint density at radius 3 is 2.72 bits per heavy atom. The molecule has 18 heavy (non-hydrogen) atoms. The molecule has 0 unspecified atom stereocenters. The summed E-state index contributed by atoms with van der Waals surface area (Å²) in [7, 11) is 1.86. The maximum Gasteiger partial charge on any atom is 0.315 e. The Labute approximate surface area is 109 Å². The number of nitrogens with zero attached hydrogens (tertiary/aromatic N) is 2. The highest BCUT2D eigenvalue weighted by Crippen LogP contribution is 2.30. The van der Waals surface area contributed by atoms with Crippen molar-refractivity contribution >= 4 is 6.01 Å². The van der Waals surface area contributed by atoms with E-state index < -0.39 is 0 Å². The molecule has 1 fully saturated rings. The van der Waals surface area contributed by atoms with E-state index >= 15 is 0 Å². The van der Waals surface area contributed by atoms with Gasteiger partial charge in [-0.15, -0.1) is 5.10 Å². The zero-order valence-electron chi connectivity index (χ0n) is 11.4. The lowest BCUT2D eigenvalue weighted by Gasteiger charge is -2.25. The van der Waals surface area contributed by atoms with E-state index in [4.69, 9.17) is 4.42 Å². The van der Waals surface area contributed by atoms with E-state index in [9.17, 15) is 0 Å². The summed E-state index contributed by atoms with van der Waals surface area (Å²) in [6, 6.07) is 0.546. The highest BCUT2D eigenvalue weighted by Gasteiger charge is 2.17. The maximum atomic E-state index is 5.43. The number of nitrogens with one attached hydrogen (secondary N) is 2. The highest BCUT2D eigenvalue weighted by molar-refractivity contribution is 5.16. The van der Waals surface area contributed by atoms with E-state index in [2.05, 4.69) is 27.8 Å². The van der Waals surface area contributed by atoms with Crippen LogP contribution in [0.2, 0.25) is 0 Å². The predicted molar refractivity (Wildman–Crippen MR) is 71.3 cm³/mol. The summed E-state index contributed by atoms with van der Waals surface area (Å²) in [4.78, 5) is 0. The molecule has 1 saturated carbocycles. The SMILES string of the molecule is CNCc1nnc(NCCC2CCC(C)CC2)o1. The molecule has 5 heteroatoms. The quantitative estimate of drug-likeness (QED) is 0.814. The minimum atomic E-state index is 0.546. The van der Waals surface area contributed by atoms with Gasteiger partial charge in [-0.3, -0.25) is 0 Å². The molecule has 5 nitrogen and oxygen atoms in total. The standard InChI is InChI=1S/C13H24N4O/c1-10-3-5-11(6-4-10)7-8-15-13-17-16-12(18-13)9-14-2/h10-11,14H,3-9H2,1-2H3,(H,15,17). The van der Waals surface area contributed by atoms with Crippen molar-refractivity contribution in [3.8, 4) is 0 Å². The minimum absolute atomic E-state index is 0.546. The number of hydrogen-bond donors (Lipinski definition) is 2. The molecular weight excluding hydrogens is 228 g/mol. The van der Waals surface area contributed by atoms with Crippen molar-refractivity contribution in [2.45, 2.75) is 45.6 Å². The van der Waals surface area contributed by atoms with E-state index in [0.717, 1.165) is 18.4 Å². The minimum Gasteiger partial charge on any atom is -0.407 e. The van der Waals surface area contributed by atoms with Crippen molar-refractivity contribution in [1.82, 2.24) is 15.5 Å². The van der Waals surface area contributed by atoms with Gasteiger partial charge in [-0.2, -0.15) is 0 Å². The molecule has 0 saturated heterocycles. The fraction of sp³-hybridized carbons (Fsp3) is 0.846. The van der Waals surface area contributed by atoms with E-state index in [0.29, 0.717) is 18.5 Å². The molecule has 0 bridgehead atoms. The van der Waals surface area contributed by atoms with Crippen LogP contribution in [-0.4, -0.2) is 23.8 Å². The molecule has 102 valence electrons. The van der Waals surface area contributed by atoms with Gasteiger partial charge in [0.25, 0.3) is 0 Å². The lowest BCUT2D eigenvalue weighted by atomic mass is 9.81. The Balaban J connectivity index is 1.65. The second-order valence-corrected chi connectivity index (χ2v) is 5.37. The van der Waals surface area contributed by atoms with E-state index in [1.165, 1.54) is 32.1 Å². The molecular formula is C13H24N4O. The predicted octanol–water partition coefficient (Wildman–Crippen LogP) is 2.42. The molecule has 0 atom stereocenters. The third-order valence-corrected chi connectivity index (χ3v) is 3.76. The van der Waals surface area contributed by atoms with Gasteiger partial charge in [0.1, 0.15) is 0 Å². The molecule has 0 aromatic carbocycles. The summed E-state index contributed by atoms with van der Waals surface area (Å²) in [5.41, 5.74) is 0. The van der Waals surface area contributed by atoms with Crippen LogP contribution < -0.4 is 10.6 Å². The van der Waals surface area contributed by atoms with Gasteiger partial charge in [-0.25, -0.2) is 0 Å². The Hall–Kier alpha value is -1.10. The van der Waals surface area contributed by atoms with Crippen LogP contribution in [0.15, 0.2) is 4.42 Å². The number of hydrogen-bond acceptors (Lipinski definition) is 5. The molecule has 1 aromatic heterocycles. The lowest BCUT2D eigenvalue weighted by Crippen LogP contribution is -2.15. The molecule has 2 rings (SSSR count).